The van der Waals surface area contributed by atoms with Crippen LogP contribution in [-0.2, 0) is 0 Å². The monoisotopic (exact) mass is 481 g/mol. The van der Waals surface area contributed by atoms with Crippen LogP contribution in [0.25, 0.3) is 0 Å². The maximum absolute atomic E-state index is 12.6. The first-order valence-corrected chi connectivity index (χ1v) is 10.0. The Kier molecular flexibility index (Phi) is 7.40. The van der Waals surface area contributed by atoms with Crippen LogP contribution in [0.4, 0.5) is 5.69 Å². The van der Waals surface area contributed by atoms with Crippen molar-refractivity contribution in [3.63, 3.8) is 0 Å². The summed E-state index contributed by atoms with van der Waals surface area (Å²) >= 11 is 3.34. The van der Waals surface area contributed by atoms with Crippen LogP contribution in [0.5, 0.6) is 11.5 Å². The molecule has 0 aromatic heterocycles. The molecule has 8 heteroatoms. The third kappa shape index (κ3) is 5.70. The van der Waals surface area contributed by atoms with Gasteiger partial charge in [-0.2, -0.15) is 5.10 Å². The van der Waals surface area contributed by atoms with Crippen LogP contribution >= 0.6 is 15.9 Å². The molecule has 0 aliphatic carbocycles. The number of nitrogens with one attached hydrogen (secondary N) is 2. The van der Waals surface area contributed by atoms with Gasteiger partial charge in [0, 0.05) is 10.0 Å². The Hall–Kier alpha value is -3.65. The number of carbonyl (C=O) groups is 2. The first kappa shape index (κ1) is 22.0. The molecule has 2 N–H and O–H groups in total. The van der Waals surface area contributed by atoms with E-state index < -0.39 is 5.91 Å². The minimum atomic E-state index is -0.455. The highest BCUT2D eigenvalue weighted by molar-refractivity contribution is 9.10. The van der Waals surface area contributed by atoms with E-state index in [0.717, 1.165) is 10.0 Å². The number of carbonyl (C=O) groups excluding carboxylic acids is 2. The summed E-state index contributed by atoms with van der Waals surface area (Å²) in [4.78, 5) is 25.1. The van der Waals surface area contributed by atoms with Gasteiger partial charge in [-0.15, -0.1) is 0 Å². The van der Waals surface area contributed by atoms with Gasteiger partial charge in [-0.05, 0) is 60.2 Å². The van der Waals surface area contributed by atoms with Crippen molar-refractivity contribution in [2.45, 2.75) is 0 Å². The zero-order valence-corrected chi connectivity index (χ0v) is 18.5. The first-order valence-electron chi connectivity index (χ1n) is 9.23. The lowest BCUT2D eigenvalue weighted by Crippen LogP contribution is -2.21. The van der Waals surface area contributed by atoms with Crippen LogP contribution < -0.4 is 20.2 Å². The fourth-order valence-corrected chi connectivity index (χ4v) is 3.01. The molecule has 3 aromatic rings. The number of amides is 2. The van der Waals surface area contributed by atoms with Crippen LogP contribution in [0, 0.1) is 0 Å². The normalized spacial score (nSPS) is 10.5. The summed E-state index contributed by atoms with van der Waals surface area (Å²) in [6.45, 7) is 0. The van der Waals surface area contributed by atoms with Crippen molar-refractivity contribution in [2.75, 3.05) is 19.5 Å². The van der Waals surface area contributed by atoms with Crippen molar-refractivity contribution >= 4 is 39.6 Å². The van der Waals surface area contributed by atoms with Gasteiger partial charge in [0.2, 0.25) is 0 Å². The predicted molar refractivity (Wildman–Crippen MR) is 123 cm³/mol. The minimum absolute atomic E-state index is 0.289. The summed E-state index contributed by atoms with van der Waals surface area (Å²) in [5.74, 6) is 0.378. The summed E-state index contributed by atoms with van der Waals surface area (Å²) in [6.07, 6.45) is 1.49. The van der Waals surface area contributed by atoms with Crippen LogP contribution in [-0.4, -0.2) is 32.2 Å². The largest absolute Gasteiger partial charge is 0.493 e. The van der Waals surface area contributed by atoms with E-state index in [1.54, 1.807) is 80.9 Å². The third-order valence-corrected chi connectivity index (χ3v) is 4.84. The Labute approximate surface area is 188 Å². The van der Waals surface area contributed by atoms with Gasteiger partial charge in [-0.3, -0.25) is 9.59 Å². The van der Waals surface area contributed by atoms with Gasteiger partial charge in [-0.25, -0.2) is 5.43 Å². The molecule has 0 fully saturated rings. The van der Waals surface area contributed by atoms with E-state index in [2.05, 4.69) is 31.8 Å². The Balaban J connectivity index is 1.70. The van der Waals surface area contributed by atoms with E-state index >= 15 is 0 Å². The quantitative estimate of drug-likeness (QED) is 0.384. The second-order valence-corrected chi connectivity index (χ2v) is 7.24. The molecule has 0 radical (unpaired) electrons. The number of ether oxygens (including phenoxy) is 2. The van der Waals surface area contributed by atoms with E-state index in [1.807, 2.05) is 0 Å². The number of halogens is 1. The fraction of sp³-hybridized carbons (Fsp3) is 0.0870. The molecule has 0 heterocycles. The molecule has 158 valence electrons. The second kappa shape index (κ2) is 10.4. The summed E-state index contributed by atoms with van der Waals surface area (Å²) < 4.78 is 11.3. The zero-order valence-electron chi connectivity index (χ0n) is 16.9. The highest BCUT2D eigenvalue weighted by Crippen LogP contribution is 2.26. The summed E-state index contributed by atoms with van der Waals surface area (Å²) in [5, 5.41) is 6.76. The van der Waals surface area contributed by atoms with Crippen molar-refractivity contribution in [3.05, 3.63) is 87.9 Å². The van der Waals surface area contributed by atoms with Crippen molar-refractivity contribution in [2.24, 2.45) is 5.10 Å². The maximum atomic E-state index is 12.6. The molecule has 0 atom stereocenters. The molecule has 3 rings (SSSR count). The summed E-state index contributed by atoms with van der Waals surface area (Å²) in [5.41, 5.74) is 4.34. The molecule has 0 unspecified atom stereocenters. The SMILES string of the molecule is COc1ccc(/C=N\NC(=O)c2ccccc2NC(=O)c2ccc(Br)cc2)cc1OC. The summed E-state index contributed by atoms with van der Waals surface area (Å²) in [7, 11) is 3.10. The number of methoxy groups -OCH3 is 2. The van der Waals surface area contributed by atoms with Gasteiger partial charge in [0.25, 0.3) is 11.8 Å². The van der Waals surface area contributed by atoms with Gasteiger partial charge < -0.3 is 14.8 Å². The highest BCUT2D eigenvalue weighted by atomic mass is 79.9. The average Bonchev–Trinajstić information content (AvgIpc) is 2.79. The first-order chi connectivity index (χ1) is 15.0. The van der Waals surface area contributed by atoms with E-state index in [0.29, 0.717) is 22.7 Å². The summed E-state index contributed by atoms with van der Waals surface area (Å²) in [6, 6.07) is 18.9. The smallest absolute Gasteiger partial charge is 0.273 e. The predicted octanol–water partition coefficient (Wildman–Crippen LogP) is 4.48. The molecule has 0 saturated carbocycles. The van der Waals surface area contributed by atoms with Crippen LogP contribution in [0.1, 0.15) is 26.3 Å². The molecule has 31 heavy (non-hydrogen) atoms. The Morgan fingerprint density at radius 1 is 0.903 bits per heavy atom. The minimum Gasteiger partial charge on any atom is -0.493 e. The van der Waals surface area contributed by atoms with E-state index in [-0.39, 0.29) is 11.5 Å². The van der Waals surface area contributed by atoms with Crippen LogP contribution in [0.3, 0.4) is 0 Å². The lowest BCUT2D eigenvalue weighted by atomic mass is 10.1. The molecule has 7 nitrogen and oxygen atoms in total. The zero-order chi connectivity index (χ0) is 22.2. The lowest BCUT2D eigenvalue weighted by Gasteiger charge is -2.10. The van der Waals surface area contributed by atoms with E-state index in [4.69, 9.17) is 9.47 Å². The average molecular weight is 482 g/mol. The molecule has 0 saturated heterocycles. The lowest BCUT2D eigenvalue weighted by molar-refractivity contribution is 0.0956. The standard InChI is InChI=1S/C23H20BrN3O4/c1-30-20-12-7-15(13-21(20)31-2)14-25-27-23(29)18-5-3-4-6-19(18)26-22(28)16-8-10-17(24)11-9-16/h3-14H,1-2H3,(H,26,28)(H,27,29)/b25-14-. The Morgan fingerprint density at radius 3 is 2.32 bits per heavy atom. The highest BCUT2D eigenvalue weighted by Gasteiger charge is 2.14. The van der Waals surface area contributed by atoms with Crippen molar-refractivity contribution in [1.29, 1.82) is 0 Å². The molecule has 0 aliphatic rings. The van der Waals surface area contributed by atoms with Crippen molar-refractivity contribution in [1.82, 2.24) is 5.43 Å². The molecule has 0 spiro atoms. The van der Waals surface area contributed by atoms with E-state index in [9.17, 15) is 9.59 Å². The van der Waals surface area contributed by atoms with Gasteiger partial charge in [0.15, 0.2) is 11.5 Å². The number of anilines is 1. The topological polar surface area (TPSA) is 89.0 Å². The number of benzene rings is 3. The van der Waals surface area contributed by atoms with Crippen molar-refractivity contribution < 1.29 is 19.1 Å². The number of rotatable bonds is 7. The maximum Gasteiger partial charge on any atom is 0.273 e. The second-order valence-electron chi connectivity index (χ2n) is 6.32. The number of hydrogen-bond donors (Lipinski definition) is 2. The van der Waals surface area contributed by atoms with Crippen LogP contribution in [0.2, 0.25) is 0 Å². The molecule has 3 aromatic carbocycles. The van der Waals surface area contributed by atoms with Gasteiger partial charge in [0.1, 0.15) is 0 Å². The van der Waals surface area contributed by atoms with Crippen molar-refractivity contribution in [3.8, 4) is 11.5 Å². The van der Waals surface area contributed by atoms with Crippen LogP contribution in [0.15, 0.2) is 76.3 Å². The Bertz CT molecular complexity index is 1110. The van der Waals surface area contributed by atoms with E-state index in [1.165, 1.54) is 6.21 Å². The molecular formula is C23H20BrN3O4. The third-order valence-electron chi connectivity index (χ3n) is 4.31. The number of hydrogen-bond acceptors (Lipinski definition) is 5. The number of para-hydroxylation sites is 1. The molecule has 0 aliphatic heterocycles. The molecule has 0 bridgehead atoms. The number of nitrogens with zero attached hydrogens (tertiary/aromatic N) is 1. The van der Waals surface area contributed by atoms with Gasteiger partial charge in [0.05, 0.1) is 31.7 Å². The molecular weight excluding hydrogens is 462 g/mol. The fourth-order valence-electron chi connectivity index (χ4n) is 2.74. The van der Waals surface area contributed by atoms with Gasteiger partial charge in [-0.1, -0.05) is 28.1 Å². The van der Waals surface area contributed by atoms with Gasteiger partial charge >= 0.3 is 0 Å². The Morgan fingerprint density at radius 2 is 1.61 bits per heavy atom. The number of hydrazone groups is 1. The molecule has 2 amide bonds.